The number of anilines is 1. The van der Waals surface area contributed by atoms with Gasteiger partial charge in [0.1, 0.15) is 10.6 Å². The van der Waals surface area contributed by atoms with Gasteiger partial charge in [-0.3, -0.25) is 10.1 Å². The van der Waals surface area contributed by atoms with E-state index in [-0.39, 0.29) is 10.6 Å². The molecule has 0 atom stereocenters. The summed E-state index contributed by atoms with van der Waals surface area (Å²) < 4.78 is 32.7. The first-order valence-electron chi connectivity index (χ1n) is 8.47. The van der Waals surface area contributed by atoms with Crippen LogP contribution in [0.3, 0.4) is 0 Å². The second-order valence-corrected chi connectivity index (χ2v) is 8.23. The van der Waals surface area contributed by atoms with Crippen LogP contribution in [0.15, 0.2) is 47.4 Å². The monoisotopic (exact) mass is 391 g/mol. The summed E-state index contributed by atoms with van der Waals surface area (Å²) in [4.78, 5) is 12.5. The summed E-state index contributed by atoms with van der Waals surface area (Å²) in [5, 5.41) is 10.8. The van der Waals surface area contributed by atoms with Gasteiger partial charge >= 0.3 is 0 Å². The van der Waals surface area contributed by atoms with Crippen molar-refractivity contribution in [2.45, 2.75) is 11.8 Å². The zero-order valence-corrected chi connectivity index (χ0v) is 16.0. The van der Waals surface area contributed by atoms with Crippen molar-refractivity contribution < 1.29 is 18.1 Å². The predicted octanol–water partition coefficient (Wildman–Crippen LogP) is 2.42. The van der Waals surface area contributed by atoms with Gasteiger partial charge in [0.15, 0.2) is 0 Å². The molecule has 3 rings (SSSR count). The van der Waals surface area contributed by atoms with Gasteiger partial charge in [-0.1, -0.05) is 6.07 Å². The minimum Gasteiger partial charge on any atom is -0.495 e. The number of piperazine rings is 1. The van der Waals surface area contributed by atoms with Crippen LogP contribution in [0.4, 0.5) is 11.4 Å². The first-order valence-corrected chi connectivity index (χ1v) is 9.91. The number of hydrogen-bond acceptors (Lipinski definition) is 6. The molecule has 0 saturated carbocycles. The SMILES string of the molecule is COc1ccc(C)cc1S(=O)(=O)N1CCN(c2ccc([N+](=O)[O-])cc2)CC1. The van der Waals surface area contributed by atoms with Crippen molar-refractivity contribution in [2.75, 3.05) is 38.2 Å². The minimum atomic E-state index is -3.66. The molecule has 0 spiro atoms. The fraction of sp³-hybridized carbons (Fsp3) is 0.333. The number of nitro groups is 1. The van der Waals surface area contributed by atoms with E-state index in [1.807, 2.05) is 17.9 Å². The maximum atomic E-state index is 13.0. The molecule has 0 N–H and O–H groups in total. The molecule has 0 bridgehead atoms. The van der Waals surface area contributed by atoms with Crippen LogP contribution in [0.1, 0.15) is 5.56 Å². The van der Waals surface area contributed by atoms with Crippen molar-refractivity contribution >= 4 is 21.4 Å². The van der Waals surface area contributed by atoms with E-state index in [4.69, 9.17) is 4.74 Å². The molecule has 0 radical (unpaired) electrons. The zero-order valence-electron chi connectivity index (χ0n) is 15.2. The maximum absolute atomic E-state index is 13.0. The standard InChI is InChI=1S/C18H21N3O5S/c1-14-3-8-17(26-2)18(13-14)27(24,25)20-11-9-19(10-12-20)15-4-6-16(7-5-15)21(22)23/h3-8,13H,9-12H2,1-2H3. The Labute approximate surface area is 158 Å². The number of nitro benzene ring substituents is 1. The van der Waals surface area contributed by atoms with E-state index in [1.165, 1.54) is 23.5 Å². The van der Waals surface area contributed by atoms with E-state index in [0.29, 0.717) is 31.9 Å². The van der Waals surface area contributed by atoms with Crippen molar-refractivity contribution in [3.63, 3.8) is 0 Å². The smallest absolute Gasteiger partial charge is 0.269 e. The molecule has 0 unspecified atom stereocenters. The van der Waals surface area contributed by atoms with Crippen molar-refractivity contribution in [3.8, 4) is 5.75 Å². The summed E-state index contributed by atoms with van der Waals surface area (Å²) in [7, 11) is -2.20. The Morgan fingerprint density at radius 3 is 2.22 bits per heavy atom. The molecule has 144 valence electrons. The minimum absolute atomic E-state index is 0.0338. The number of aryl methyl sites for hydroxylation is 1. The topological polar surface area (TPSA) is 93.0 Å². The number of sulfonamides is 1. The molecular weight excluding hydrogens is 370 g/mol. The van der Waals surface area contributed by atoms with Crippen molar-refractivity contribution in [3.05, 3.63) is 58.1 Å². The first-order chi connectivity index (χ1) is 12.8. The quantitative estimate of drug-likeness (QED) is 0.574. The Morgan fingerprint density at radius 1 is 1.04 bits per heavy atom. The van der Waals surface area contributed by atoms with Gasteiger partial charge in [-0.05, 0) is 36.8 Å². The van der Waals surface area contributed by atoms with Gasteiger partial charge in [0.25, 0.3) is 5.69 Å². The van der Waals surface area contributed by atoms with Crippen LogP contribution in [0.2, 0.25) is 0 Å². The van der Waals surface area contributed by atoms with Crippen LogP contribution in [0.25, 0.3) is 0 Å². The van der Waals surface area contributed by atoms with E-state index in [0.717, 1.165) is 11.3 Å². The summed E-state index contributed by atoms with van der Waals surface area (Å²) in [5.74, 6) is 0.332. The average molecular weight is 391 g/mol. The number of rotatable bonds is 5. The molecule has 1 saturated heterocycles. The van der Waals surface area contributed by atoms with Gasteiger partial charge < -0.3 is 9.64 Å². The lowest BCUT2D eigenvalue weighted by Crippen LogP contribution is -2.48. The predicted molar refractivity (Wildman–Crippen MR) is 102 cm³/mol. The molecule has 0 aliphatic carbocycles. The van der Waals surface area contributed by atoms with E-state index in [9.17, 15) is 18.5 Å². The number of nitrogens with zero attached hydrogens (tertiary/aromatic N) is 3. The maximum Gasteiger partial charge on any atom is 0.269 e. The van der Waals surface area contributed by atoms with E-state index >= 15 is 0 Å². The Kier molecular flexibility index (Phi) is 5.33. The fourth-order valence-corrected chi connectivity index (χ4v) is 4.76. The summed E-state index contributed by atoms with van der Waals surface area (Å²) in [6.07, 6.45) is 0. The molecule has 8 nitrogen and oxygen atoms in total. The first kappa shape index (κ1) is 19.1. The molecular formula is C18H21N3O5S. The third kappa shape index (κ3) is 3.88. The summed E-state index contributed by atoms with van der Waals surface area (Å²) in [5.41, 5.74) is 1.72. The molecule has 9 heteroatoms. The molecule has 2 aromatic carbocycles. The lowest BCUT2D eigenvalue weighted by molar-refractivity contribution is -0.384. The average Bonchev–Trinajstić information content (AvgIpc) is 2.68. The highest BCUT2D eigenvalue weighted by Crippen LogP contribution is 2.29. The zero-order chi connectivity index (χ0) is 19.6. The normalized spacial score (nSPS) is 15.6. The highest BCUT2D eigenvalue weighted by atomic mass is 32.2. The van der Waals surface area contributed by atoms with Gasteiger partial charge in [0.2, 0.25) is 10.0 Å². The van der Waals surface area contributed by atoms with Crippen LogP contribution in [0, 0.1) is 17.0 Å². The Morgan fingerprint density at radius 2 is 1.67 bits per heavy atom. The van der Waals surface area contributed by atoms with E-state index < -0.39 is 14.9 Å². The lowest BCUT2D eigenvalue weighted by atomic mass is 10.2. The fourth-order valence-electron chi connectivity index (χ4n) is 3.10. The molecule has 0 amide bonds. The third-order valence-corrected chi connectivity index (χ3v) is 6.52. The second kappa shape index (κ2) is 7.53. The number of benzene rings is 2. The molecule has 2 aromatic rings. The Bertz CT molecular complexity index is 936. The van der Waals surface area contributed by atoms with E-state index in [1.54, 1.807) is 24.3 Å². The van der Waals surface area contributed by atoms with Gasteiger partial charge in [-0.15, -0.1) is 0 Å². The van der Waals surface area contributed by atoms with Crippen LogP contribution in [-0.4, -0.2) is 50.9 Å². The van der Waals surface area contributed by atoms with Crippen LogP contribution in [0.5, 0.6) is 5.75 Å². The molecule has 1 fully saturated rings. The van der Waals surface area contributed by atoms with Crippen LogP contribution < -0.4 is 9.64 Å². The largest absolute Gasteiger partial charge is 0.495 e. The molecule has 1 aliphatic rings. The van der Waals surface area contributed by atoms with Gasteiger partial charge in [-0.2, -0.15) is 4.31 Å². The second-order valence-electron chi connectivity index (χ2n) is 6.32. The molecule has 1 heterocycles. The van der Waals surface area contributed by atoms with Gasteiger partial charge in [0.05, 0.1) is 12.0 Å². The summed E-state index contributed by atoms with van der Waals surface area (Å²) in [6.45, 7) is 3.51. The van der Waals surface area contributed by atoms with Crippen molar-refractivity contribution in [2.24, 2.45) is 0 Å². The lowest BCUT2D eigenvalue weighted by Gasteiger charge is -2.35. The summed E-state index contributed by atoms with van der Waals surface area (Å²) in [6, 6.07) is 11.4. The van der Waals surface area contributed by atoms with Gasteiger partial charge in [0, 0.05) is 44.0 Å². The van der Waals surface area contributed by atoms with Gasteiger partial charge in [-0.25, -0.2) is 8.42 Å². The number of ether oxygens (including phenoxy) is 1. The van der Waals surface area contributed by atoms with Crippen molar-refractivity contribution in [1.29, 1.82) is 0 Å². The Hall–Kier alpha value is -2.65. The van der Waals surface area contributed by atoms with Crippen molar-refractivity contribution in [1.82, 2.24) is 4.31 Å². The van der Waals surface area contributed by atoms with Crippen LogP contribution in [-0.2, 0) is 10.0 Å². The summed E-state index contributed by atoms with van der Waals surface area (Å²) >= 11 is 0. The molecule has 1 aliphatic heterocycles. The number of methoxy groups -OCH3 is 1. The Balaban J connectivity index is 1.75. The van der Waals surface area contributed by atoms with E-state index in [2.05, 4.69) is 0 Å². The molecule has 0 aromatic heterocycles. The third-order valence-electron chi connectivity index (χ3n) is 4.60. The molecule has 27 heavy (non-hydrogen) atoms. The van der Waals surface area contributed by atoms with Crippen LogP contribution >= 0.6 is 0 Å². The number of non-ortho nitro benzene ring substituents is 1. The highest BCUT2D eigenvalue weighted by Gasteiger charge is 2.31. The highest BCUT2D eigenvalue weighted by molar-refractivity contribution is 7.89. The number of hydrogen-bond donors (Lipinski definition) is 0.